The Hall–Kier alpha value is -2.64. The van der Waals surface area contributed by atoms with Gasteiger partial charge in [0.2, 0.25) is 5.85 Å². The lowest BCUT2D eigenvalue weighted by Gasteiger charge is -2.40. The average molecular weight is 346 g/mol. The molecule has 0 aliphatic carbocycles. The quantitative estimate of drug-likeness (QED) is 0.366. The Morgan fingerprint density at radius 1 is 1.16 bits per heavy atom. The van der Waals surface area contributed by atoms with Gasteiger partial charge in [-0.05, 0) is 43.3 Å². The Balaban J connectivity index is 2.40. The Morgan fingerprint density at radius 2 is 1.88 bits per heavy atom. The number of nitrogens with zero attached hydrogens (tertiary/aromatic N) is 1. The number of hydrogen-bond acceptors (Lipinski definition) is 7. The maximum Gasteiger partial charge on any atom is 0.213 e. The zero-order chi connectivity index (χ0) is 18.4. The summed E-state index contributed by atoms with van der Waals surface area (Å²) < 4.78 is 5.65. The van der Waals surface area contributed by atoms with E-state index in [1.54, 1.807) is 54.3 Å². The normalized spacial score (nSPS) is 13.1. The summed E-state index contributed by atoms with van der Waals surface area (Å²) in [5, 5.41) is 23.6. The molecule has 1 atom stereocenters. The fourth-order valence-electron chi connectivity index (χ4n) is 2.65. The first-order valence-electron chi connectivity index (χ1n) is 8.14. The highest BCUT2D eigenvalue weighted by atomic mass is 16.5. The maximum atomic E-state index is 11.1. The molecule has 0 bridgehead atoms. The third-order valence-corrected chi connectivity index (χ3v) is 3.69. The van der Waals surface area contributed by atoms with Gasteiger partial charge in [0.1, 0.15) is 5.75 Å². The Labute approximate surface area is 147 Å². The van der Waals surface area contributed by atoms with Gasteiger partial charge in [0, 0.05) is 30.5 Å². The number of rotatable bonds is 8. The van der Waals surface area contributed by atoms with E-state index in [1.807, 2.05) is 6.92 Å². The molecule has 2 aromatic carbocycles. The van der Waals surface area contributed by atoms with E-state index in [2.05, 4.69) is 5.32 Å². The zero-order valence-electron chi connectivity index (χ0n) is 14.6. The molecule has 0 saturated heterocycles. The predicted molar refractivity (Wildman–Crippen MR) is 102 cm³/mol. The number of benzene rings is 2. The van der Waals surface area contributed by atoms with Crippen molar-refractivity contribution in [2.24, 2.45) is 0 Å². The van der Waals surface area contributed by atoms with E-state index in [-0.39, 0.29) is 13.2 Å². The van der Waals surface area contributed by atoms with Crippen molar-refractivity contribution in [1.82, 2.24) is 0 Å². The van der Waals surface area contributed by atoms with Crippen LogP contribution in [0.3, 0.4) is 0 Å². The van der Waals surface area contributed by atoms with Crippen LogP contribution in [0.25, 0.3) is 0 Å². The van der Waals surface area contributed by atoms with E-state index in [4.69, 9.17) is 16.2 Å². The van der Waals surface area contributed by atoms with Crippen molar-refractivity contribution in [3.8, 4) is 5.75 Å². The van der Waals surface area contributed by atoms with Crippen LogP contribution in [0, 0.1) is 0 Å². The molecule has 0 aliphatic rings. The van der Waals surface area contributed by atoms with E-state index < -0.39 is 5.85 Å². The summed E-state index contributed by atoms with van der Waals surface area (Å²) in [5.41, 5.74) is 14.0. The molecule has 7 heteroatoms. The molecule has 25 heavy (non-hydrogen) atoms. The van der Waals surface area contributed by atoms with Gasteiger partial charge in [-0.25, -0.2) is 0 Å². The average Bonchev–Trinajstić information content (AvgIpc) is 2.54. The summed E-state index contributed by atoms with van der Waals surface area (Å²) in [6, 6.07) is 12.2. The summed E-state index contributed by atoms with van der Waals surface area (Å²) in [4.78, 5) is 1.59. The lowest BCUT2D eigenvalue weighted by molar-refractivity contribution is 0.0799. The third-order valence-electron chi connectivity index (χ3n) is 3.69. The molecule has 0 fully saturated rings. The second-order valence-corrected chi connectivity index (χ2v) is 5.81. The lowest BCUT2D eigenvalue weighted by atomic mass is 10.2. The second-order valence-electron chi connectivity index (χ2n) is 5.81. The van der Waals surface area contributed by atoms with Crippen LogP contribution in [-0.4, -0.2) is 35.8 Å². The van der Waals surface area contributed by atoms with E-state index in [0.717, 1.165) is 0 Å². The van der Waals surface area contributed by atoms with Gasteiger partial charge in [0.05, 0.1) is 18.9 Å². The minimum absolute atomic E-state index is 0.158. The maximum absolute atomic E-state index is 11.1. The first-order chi connectivity index (χ1) is 11.9. The summed E-state index contributed by atoms with van der Waals surface area (Å²) in [6.07, 6.45) is 0. The van der Waals surface area contributed by atoms with Crippen molar-refractivity contribution in [3.05, 3.63) is 42.5 Å². The molecule has 0 aromatic heterocycles. The number of ether oxygens (including phenoxy) is 1. The van der Waals surface area contributed by atoms with Crippen LogP contribution < -0.4 is 26.4 Å². The van der Waals surface area contributed by atoms with Crippen LogP contribution in [0.4, 0.5) is 22.7 Å². The minimum Gasteiger partial charge on any atom is -0.492 e. The minimum atomic E-state index is -1.52. The Morgan fingerprint density at radius 3 is 2.52 bits per heavy atom. The number of nitrogens with two attached hydrogens (primary N) is 2. The van der Waals surface area contributed by atoms with Gasteiger partial charge in [-0.15, -0.1) is 0 Å². The largest absolute Gasteiger partial charge is 0.492 e. The van der Waals surface area contributed by atoms with E-state index in [9.17, 15) is 10.2 Å². The molecule has 0 spiro atoms. The van der Waals surface area contributed by atoms with Crippen LogP contribution in [0.15, 0.2) is 42.5 Å². The lowest BCUT2D eigenvalue weighted by Crippen LogP contribution is -2.54. The molecular weight excluding hydrogens is 320 g/mol. The number of nitrogens with one attached hydrogen (secondary N) is 1. The molecule has 0 heterocycles. The molecule has 2 aromatic rings. The SMILES string of the molecule is CCOc1ccc(N)cc1N(CCO)C(C)(O)Nc1cccc(N)c1. The van der Waals surface area contributed by atoms with Crippen LogP contribution in [0.5, 0.6) is 5.75 Å². The molecule has 0 aliphatic heterocycles. The van der Waals surface area contributed by atoms with Crippen molar-refractivity contribution < 1.29 is 14.9 Å². The number of nitrogen functional groups attached to an aromatic ring is 2. The van der Waals surface area contributed by atoms with Crippen molar-refractivity contribution in [2.45, 2.75) is 19.7 Å². The predicted octanol–water partition coefficient (Wildman–Crippen LogP) is 1.83. The van der Waals surface area contributed by atoms with Gasteiger partial charge >= 0.3 is 0 Å². The summed E-state index contributed by atoms with van der Waals surface area (Å²) >= 11 is 0. The monoisotopic (exact) mass is 346 g/mol. The Kier molecular flexibility index (Phi) is 5.95. The molecule has 7 N–H and O–H groups in total. The van der Waals surface area contributed by atoms with Crippen LogP contribution in [-0.2, 0) is 0 Å². The van der Waals surface area contributed by atoms with Gasteiger partial charge in [-0.2, -0.15) is 0 Å². The van der Waals surface area contributed by atoms with Crippen LogP contribution >= 0.6 is 0 Å². The van der Waals surface area contributed by atoms with Gasteiger partial charge < -0.3 is 36.6 Å². The van der Waals surface area contributed by atoms with E-state index in [1.165, 1.54) is 0 Å². The zero-order valence-corrected chi connectivity index (χ0v) is 14.6. The standard InChI is InChI=1S/C18H26N4O3/c1-3-25-17-8-7-14(20)12-16(17)22(9-10-23)18(2,24)21-15-6-4-5-13(19)11-15/h4-8,11-12,21,23-24H,3,9-10,19-20H2,1-2H3. The molecule has 7 nitrogen and oxygen atoms in total. The van der Waals surface area contributed by atoms with Gasteiger partial charge in [-0.1, -0.05) is 6.07 Å². The first kappa shape index (κ1) is 18.7. The van der Waals surface area contributed by atoms with Crippen molar-refractivity contribution in [3.63, 3.8) is 0 Å². The summed E-state index contributed by atoms with van der Waals surface area (Å²) in [7, 11) is 0. The summed E-state index contributed by atoms with van der Waals surface area (Å²) in [5.74, 6) is -0.948. The first-order valence-corrected chi connectivity index (χ1v) is 8.14. The van der Waals surface area contributed by atoms with Gasteiger partial charge in [-0.3, -0.25) is 0 Å². The molecule has 136 valence electrons. The van der Waals surface area contributed by atoms with Crippen LogP contribution in [0.1, 0.15) is 13.8 Å². The van der Waals surface area contributed by atoms with Crippen molar-refractivity contribution in [1.29, 1.82) is 0 Å². The topological polar surface area (TPSA) is 117 Å². The van der Waals surface area contributed by atoms with Gasteiger partial charge in [0.25, 0.3) is 0 Å². The highest BCUT2D eigenvalue weighted by molar-refractivity contribution is 5.67. The number of aliphatic hydroxyl groups excluding tert-OH is 1. The molecular formula is C18H26N4O3. The van der Waals surface area contributed by atoms with Crippen molar-refractivity contribution in [2.75, 3.05) is 41.4 Å². The fourth-order valence-corrected chi connectivity index (χ4v) is 2.65. The number of aliphatic hydroxyl groups is 2. The number of hydrogen-bond donors (Lipinski definition) is 5. The third kappa shape index (κ3) is 4.68. The molecule has 0 saturated carbocycles. The highest BCUT2D eigenvalue weighted by Crippen LogP contribution is 2.34. The molecule has 0 amide bonds. The highest BCUT2D eigenvalue weighted by Gasteiger charge is 2.31. The fraction of sp³-hybridized carbons (Fsp3) is 0.333. The Bertz CT molecular complexity index is 706. The molecule has 1 unspecified atom stereocenters. The van der Waals surface area contributed by atoms with Crippen LogP contribution in [0.2, 0.25) is 0 Å². The molecule has 2 rings (SSSR count). The van der Waals surface area contributed by atoms with Crippen molar-refractivity contribution >= 4 is 22.7 Å². The van der Waals surface area contributed by atoms with Gasteiger partial charge in [0.15, 0.2) is 0 Å². The van der Waals surface area contributed by atoms with E-state index >= 15 is 0 Å². The smallest absolute Gasteiger partial charge is 0.213 e. The second kappa shape index (κ2) is 7.96. The summed E-state index contributed by atoms with van der Waals surface area (Å²) in [6.45, 7) is 3.94. The van der Waals surface area contributed by atoms with E-state index in [0.29, 0.717) is 35.1 Å². The molecule has 0 radical (unpaired) electrons. The number of anilines is 4.